The Bertz CT molecular complexity index is 1650. The Labute approximate surface area is 248 Å². The number of halogens is 3. The van der Waals surface area contributed by atoms with Gasteiger partial charge < -0.3 is 24.4 Å². The van der Waals surface area contributed by atoms with Crippen molar-refractivity contribution in [2.24, 2.45) is 0 Å². The zero-order chi connectivity index (χ0) is 30.6. The van der Waals surface area contributed by atoms with Crippen LogP contribution < -0.4 is 19.9 Å². The number of hydrogen-bond donors (Lipinski definition) is 1. The van der Waals surface area contributed by atoms with Gasteiger partial charge in [-0.25, -0.2) is 24.9 Å². The number of nitrogens with one attached hydrogen (secondary N) is 1. The highest BCUT2D eigenvalue weighted by Crippen LogP contribution is 2.47. The molecule has 43 heavy (non-hydrogen) atoms. The van der Waals surface area contributed by atoms with Crippen LogP contribution in [0.25, 0.3) is 22.8 Å². The van der Waals surface area contributed by atoms with Crippen molar-refractivity contribution < 1.29 is 17.9 Å². The monoisotopic (exact) mass is 593 g/mol. The van der Waals surface area contributed by atoms with Crippen LogP contribution in [0.4, 0.5) is 30.5 Å². The van der Waals surface area contributed by atoms with Crippen LogP contribution >= 0.6 is 0 Å². The minimum absolute atomic E-state index is 0.00842. The molecule has 3 aromatic heterocycles. The Balaban J connectivity index is 1.35. The second-order valence-corrected chi connectivity index (χ2v) is 11.4. The van der Waals surface area contributed by atoms with Crippen molar-refractivity contribution in [1.82, 2.24) is 29.5 Å². The van der Waals surface area contributed by atoms with E-state index in [9.17, 15) is 13.2 Å². The fourth-order valence-corrected chi connectivity index (χ4v) is 5.39. The molecule has 4 heterocycles. The molecule has 0 bridgehead atoms. The molecule has 2 aliphatic rings. The fraction of sp³-hybridized carbons (Fsp3) is 0.433. The van der Waals surface area contributed by atoms with E-state index in [-0.39, 0.29) is 18.0 Å². The molecule has 6 rings (SSSR count). The first-order valence-electron chi connectivity index (χ1n) is 14.2. The standard InChI is InChI=1S/C30H34F3N9O/c1-16(2)42-14-21(30(31,32)33)37-27(42)20-9-7-18(8-10-20)13-40(4)28-24-26(36-17(3)41(24)5)38-25(39-28)22-23(19-11-12-19)34-15-35-29(22)43-6/h7-10,14-17,19H,11-13H2,1-6H3,(H,36,38,39). The molecule has 1 saturated carbocycles. The number of alkyl halides is 3. The molecular weight excluding hydrogens is 559 g/mol. The van der Waals surface area contributed by atoms with E-state index in [2.05, 4.69) is 32.1 Å². The molecule has 0 radical (unpaired) electrons. The third-order valence-electron chi connectivity index (χ3n) is 7.94. The molecular formula is C30H34F3N9O. The zero-order valence-corrected chi connectivity index (χ0v) is 24.9. The highest BCUT2D eigenvalue weighted by molar-refractivity contribution is 5.85. The molecule has 13 heteroatoms. The number of fused-ring (bicyclic) bond motifs is 1. The topological polar surface area (TPSA) is 97.1 Å². The molecule has 1 fully saturated rings. The smallest absolute Gasteiger partial charge is 0.434 e. The van der Waals surface area contributed by atoms with Crippen molar-refractivity contribution >= 4 is 17.3 Å². The van der Waals surface area contributed by atoms with E-state index in [1.807, 2.05) is 57.1 Å². The summed E-state index contributed by atoms with van der Waals surface area (Å²) in [6.45, 7) is 6.22. The number of hydrogen-bond acceptors (Lipinski definition) is 9. The molecule has 1 N–H and O–H groups in total. The van der Waals surface area contributed by atoms with Gasteiger partial charge in [-0.2, -0.15) is 13.2 Å². The molecule has 0 amide bonds. The maximum Gasteiger partial charge on any atom is 0.434 e. The van der Waals surface area contributed by atoms with Crippen LogP contribution in [0.15, 0.2) is 36.8 Å². The van der Waals surface area contributed by atoms with Gasteiger partial charge in [-0.1, -0.05) is 24.3 Å². The van der Waals surface area contributed by atoms with Gasteiger partial charge in [-0.3, -0.25) is 0 Å². The first-order chi connectivity index (χ1) is 20.5. The predicted molar refractivity (Wildman–Crippen MR) is 158 cm³/mol. The van der Waals surface area contributed by atoms with Crippen LogP contribution in [0.2, 0.25) is 0 Å². The van der Waals surface area contributed by atoms with Crippen molar-refractivity contribution in [1.29, 1.82) is 0 Å². The van der Waals surface area contributed by atoms with Crippen molar-refractivity contribution in [2.75, 3.05) is 36.3 Å². The van der Waals surface area contributed by atoms with E-state index in [0.717, 1.165) is 41.8 Å². The summed E-state index contributed by atoms with van der Waals surface area (Å²) in [5.74, 6) is 2.98. The molecule has 1 aliphatic heterocycles. The summed E-state index contributed by atoms with van der Waals surface area (Å²) in [4.78, 5) is 26.9. The molecule has 0 saturated heterocycles. The Morgan fingerprint density at radius 2 is 1.81 bits per heavy atom. The largest absolute Gasteiger partial charge is 0.480 e. The number of methoxy groups -OCH3 is 1. The lowest BCUT2D eigenvalue weighted by Crippen LogP contribution is -2.29. The zero-order valence-electron chi connectivity index (χ0n) is 24.9. The minimum atomic E-state index is -4.51. The van der Waals surface area contributed by atoms with E-state index < -0.39 is 11.9 Å². The van der Waals surface area contributed by atoms with Crippen LogP contribution in [0.1, 0.15) is 62.5 Å². The first-order valence-corrected chi connectivity index (χ1v) is 14.2. The summed E-state index contributed by atoms with van der Waals surface area (Å²) in [5.41, 5.74) is 3.15. The van der Waals surface area contributed by atoms with E-state index in [1.54, 1.807) is 11.7 Å². The van der Waals surface area contributed by atoms with Crippen LogP contribution in [0.5, 0.6) is 5.88 Å². The maximum atomic E-state index is 13.4. The van der Waals surface area contributed by atoms with Crippen LogP contribution in [-0.4, -0.2) is 56.9 Å². The summed E-state index contributed by atoms with van der Waals surface area (Å²) in [6, 6.07) is 7.25. The summed E-state index contributed by atoms with van der Waals surface area (Å²) < 4.78 is 47.4. The molecule has 1 aliphatic carbocycles. The van der Waals surface area contributed by atoms with E-state index in [1.165, 1.54) is 6.33 Å². The SMILES string of the molecule is COc1ncnc(C2CC2)c1-c1nc2c(c(N(C)Cc3ccc(-c4nc(C(F)(F)F)cn4C(C)C)cc3)n1)N(C)C(C)N2. The highest BCUT2D eigenvalue weighted by atomic mass is 19.4. The fourth-order valence-electron chi connectivity index (χ4n) is 5.39. The quantitative estimate of drug-likeness (QED) is 0.259. The van der Waals surface area contributed by atoms with Gasteiger partial charge in [0.05, 0.1) is 19.0 Å². The molecule has 1 atom stereocenters. The van der Waals surface area contributed by atoms with Gasteiger partial charge in [0.1, 0.15) is 23.4 Å². The van der Waals surface area contributed by atoms with Crippen LogP contribution in [0.3, 0.4) is 0 Å². The number of anilines is 3. The molecule has 1 aromatic carbocycles. The van der Waals surface area contributed by atoms with E-state index >= 15 is 0 Å². The van der Waals surface area contributed by atoms with E-state index in [4.69, 9.17) is 14.7 Å². The second kappa shape index (κ2) is 10.7. The molecule has 0 spiro atoms. The second-order valence-electron chi connectivity index (χ2n) is 11.4. The van der Waals surface area contributed by atoms with Gasteiger partial charge in [-0.05, 0) is 39.2 Å². The average Bonchev–Trinajstić information content (AvgIpc) is 3.64. The molecule has 4 aromatic rings. The maximum absolute atomic E-state index is 13.4. The van der Waals surface area contributed by atoms with Gasteiger partial charge in [0.25, 0.3) is 0 Å². The van der Waals surface area contributed by atoms with Crippen LogP contribution in [-0.2, 0) is 12.7 Å². The lowest BCUT2D eigenvalue weighted by Gasteiger charge is -2.25. The lowest BCUT2D eigenvalue weighted by atomic mass is 10.1. The Morgan fingerprint density at radius 3 is 2.44 bits per heavy atom. The number of nitrogens with zero attached hydrogens (tertiary/aromatic N) is 8. The Morgan fingerprint density at radius 1 is 1.09 bits per heavy atom. The Hall–Kier alpha value is -4.42. The van der Waals surface area contributed by atoms with Gasteiger partial charge in [-0.15, -0.1) is 0 Å². The normalized spacial score (nSPS) is 16.4. The third-order valence-corrected chi connectivity index (χ3v) is 7.94. The van der Waals surface area contributed by atoms with E-state index in [0.29, 0.717) is 41.1 Å². The summed E-state index contributed by atoms with van der Waals surface area (Å²) >= 11 is 0. The van der Waals surface area contributed by atoms with Gasteiger partial charge in [0.15, 0.2) is 23.2 Å². The van der Waals surface area contributed by atoms with Crippen molar-refractivity contribution in [3.05, 3.63) is 53.7 Å². The highest BCUT2D eigenvalue weighted by Gasteiger charge is 2.36. The van der Waals surface area contributed by atoms with Crippen molar-refractivity contribution in [2.45, 2.75) is 64.5 Å². The molecule has 1 unspecified atom stereocenters. The van der Waals surface area contributed by atoms with Crippen LogP contribution in [0, 0.1) is 0 Å². The number of imidazole rings is 1. The van der Waals surface area contributed by atoms with Crippen molar-refractivity contribution in [3.8, 4) is 28.7 Å². The number of ether oxygens (including phenoxy) is 1. The number of benzene rings is 1. The summed E-state index contributed by atoms with van der Waals surface area (Å²) in [5, 5.41) is 3.45. The molecule has 226 valence electrons. The van der Waals surface area contributed by atoms with Crippen molar-refractivity contribution in [3.63, 3.8) is 0 Å². The average molecular weight is 594 g/mol. The predicted octanol–water partition coefficient (Wildman–Crippen LogP) is 6.13. The first kappa shape index (κ1) is 28.7. The number of aromatic nitrogens is 6. The van der Waals surface area contributed by atoms with Gasteiger partial charge >= 0.3 is 6.18 Å². The third kappa shape index (κ3) is 5.32. The number of rotatable bonds is 8. The minimum Gasteiger partial charge on any atom is -0.480 e. The van der Waals surface area contributed by atoms with Gasteiger partial charge in [0, 0.05) is 44.4 Å². The molecule has 10 nitrogen and oxygen atoms in total. The lowest BCUT2D eigenvalue weighted by molar-refractivity contribution is -0.140. The Kier molecular flexibility index (Phi) is 7.13. The summed E-state index contributed by atoms with van der Waals surface area (Å²) in [7, 11) is 5.53. The summed E-state index contributed by atoms with van der Waals surface area (Å²) in [6.07, 6.45) is 0.187. The van der Waals surface area contributed by atoms with Gasteiger partial charge in [0.2, 0.25) is 5.88 Å².